The van der Waals surface area contributed by atoms with E-state index in [4.69, 9.17) is 4.74 Å². The van der Waals surface area contributed by atoms with Crippen molar-refractivity contribution in [3.05, 3.63) is 11.8 Å². The number of nitrogens with zero attached hydrogens (tertiary/aromatic N) is 3. The molecule has 1 amide bonds. The highest BCUT2D eigenvalue weighted by Crippen LogP contribution is 2.53. The SMILES string of the molecule is CCCOc1c(C(=O)NC2C3CC4CC(C3)CC2C4)cnn1CCN1CCNCC1. The molecule has 0 unspecified atom stereocenters. The van der Waals surface area contributed by atoms with Crippen LogP contribution in [0.4, 0.5) is 0 Å². The second-order valence-corrected chi connectivity index (χ2v) is 9.96. The summed E-state index contributed by atoms with van der Waals surface area (Å²) in [6, 6.07) is 0.341. The molecule has 4 aliphatic carbocycles. The molecule has 2 N–H and O–H groups in total. The zero-order valence-electron chi connectivity index (χ0n) is 18.3. The summed E-state index contributed by atoms with van der Waals surface area (Å²) in [6.07, 6.45) is 9.29. The number of carbonyl (C=O) groups excluding carboxylic acids is 1. The highest BCUT2D eigenvalue weighted by atomic mass is 16.5. The van der Waals surface area contributed by atoms with Crippen LogP contribution in [0.15, 0.2) is 6.20 Å². The van der Waals surface area contributed by atoms with Crippen LogP contribution in [-0.4, -0.2) is 66.0 Å². The third-order valence-corrected chi connectivity index (χ3v) is 7.84. The quantitative estimate of drug-likeness (QED) is 0.681. The Morgan fingerprint density at radius 3 is 2.50 bits per heavy atom. The minimum absolute atomic E-state index is 0.00648. The molecule has 7 heteroatoms. The molecule has 166 valence electrons. The van der Waals surface area contributed by atoms with E-state index in [1.165, 1.54) is 32.1 Å². The molecule has 1 saturated heterocycles. The van der Waals surface area contributed by atoms with E-state index in [1.54, 1.807) is 6.20 Å². The van der Waals surface area contributed by atoms with E-state index in [0.29, 0.717) is 35.9 Å². The molecule has 0 radical (unpaired) electrons. The van der Waals surface area contributed by atoms with Crippen LogP contribution < -0.4 is 15.4 Å². The predicted molar refractivity (Wildman–Crippen MR) is 116 cm³/mol. The van der Waals surface area contributed by atoms with Gasteiger partial charge in [-0.2, -0.15) is 5.10 Å². The summed E-state index contributed by atoms with van der Waals surface area (Å²) >= 11 is 0. The number of rotatable bonds is 8. The Balaban J connectivity index is 1.26. The molecule has 4 bridgehead atoms. The number of nitrogens with one attached hydrogen (secondary N) is 2. The average molecular weight is 416 g/mol. The molecule has 6 rings (SSSR count). The molecule has 1 aromatic rings. The Hall–Kier alpha value is -1.60. The van der Waals surface area contributed by atoms with E-state index < -0.39 is 0 Å². The summed E-state index contributed by atoms with van der Waals surface area (Å²) in [4.78, 5) is 15.7. The molecule has 30 heavy (non-hydrogen) atoms. The van der Waals surface area contributed by atoms with Gasteiger partial charge in [-0.15, -0.1) is 0 Å². The van der Waals surface area contributed by atoms with Gasteiger partial charge in [0.25, 0.3) is 5.91 Å². The van der Waals surface area contributed by atoms with Crippen molar-refractivity contribution >= 4 is 5.91 Å². The summed E-state index contributed by atoms with van der Waals surface area (Å²) < 4.78 is 7.93. The molecule has 5 aliphatic rings. The second kappa shape index (κ2) is 8.87. The van der Waals surface area contributed by atoms with E-state index in [2.05, 4.69) is 27.6 Å². The first-order chi connectivity index (χ1) is 14.7. The van der Waals surface area contributed by atoms with E-state index >= 15 is 0 Å². The van der Waals surface area contributed by atoms with Crippen LogP contribution in [0.1, 0.15) is 55.8 Å². The smallest absolute Gasteiger partial charge is 0.258 e. The molecule has 5 fully saturated rings. The third-order valence-electron chi connectivity index (χ3n) is 7.84. The maximum absolute atomic E-state index is 13.3. The molecule has 2 heterocycles. The van der Waals surface area contributed by atoms with Crippen LogP contribution in [0.5, 0.6) is 5.88 Å². The summed E-state index contributed by atoms with van der Waals surface area (Å²) in [5, 5.41) is 11.4. The van der Waals surface area contributed by atoms with Crippen molar-refractivity contribution in [1.82, 2.24) is 25.3 Å². The highest BCUT2D eigenvalue weighted by molar-refractivity contribution is 5.96. The maximum atomic E-state index is 13.3. The van der Waals surface area contributed by atoms with Crippen molar-refractivity contribution in [3.8, 4) is 5.88 Å². The van der Waals surface area contributed by atoms with Gasteiger partial charge in [-0.1, -0.05) is 6.92 Å². The Kier molecular flexibility index (Phi) is 6.01. The van der Waals surface area contributed by atoms with Gasteiger partial charge in [0.2, 0.25) is 5.88 Å². The lowest BCUT2D eigenvalue weighted by atomic mass is 9.54. The predicted octanol–water partition coefficient (Wildman–Crippen LogP) is 2.13. The number of aromatic nitrogens is 2. The summed E-state index contributed by atoms with van der Waals surface area (Å²) in [5.41, 5.74) is 0.609. The minimum atomic E-state index is 0.00648. The number of carbonyl (C=O) groups is 1. The van der Waals surface area contributed by atoms with Crippen molar-refractivity contribution in [1.29, 1.82) is 0 Å². The number of piperazine rings is 1. The van der Waals surface area contributed by atoms with Crippen LogP contribution >= 0.6 is 0 Å². The first-order valence-electron chi connectivity index (χ1n) is 12.1. The van der Waals surface area contributed by atoms with Gasteiger partial charge in [-0.3, -0.25) is 9.69 Å². The van der Waals surface area contributed by atoms with Gasteiger partial charge in [-0.25, -0.2) is 4.68 Å². The number of amides is 1. The summed E-state index contributed by atoms with van der Waals surface area (Å²) in [7, 11) is 0. The largest absolute Gasteiger partial charge is 0.477 e. The standard InChI is InChI=1S/C23H37N5O2/c1-2-9-30-23-20(15-25-28(23)8-7-27-5-3-24-4-6-27)22(29)26-21-18-11-16-10-17(13-18)14-19(21)12-16/h15-19,21,24H,2-14H2,1H3,(H,26,29). The lowest BCUT2D eigenvalue weighted by Crippen LogP contribution is -2.55. The summed E-state index contributed by atoms with van der Waals surface area (Å²) in [5.74, 6) is 3.83. The fourth-order valence-electron chi connectivity index (χ4n) is 6.60. The van der Waals surface area contributed by atoms with Crippen LogP contribution in [0.25, 0.3) is 0 Å². The average Bonchev–Trinajstić information content (AvgIpc) is 3.16. The molecular formula is C23H37N5O2. The van der Waals surface area contributed by atoms with Crippen molar-refractivity contribution in [2.75, 3.05) is 39.3 Å². The molecule has 1 aliphatic heterocycles. The van der Waals surface area contributed by atoms with Crippen LogP contribution in [0, 0.1) is 23.7 Å². The summed E-state index contributed by atoms with van der Waals surface area (Å²) in [6.45, 7) is 8.59. The Labute approximate surface area is 179 Å². The molecule has 4 saturated carbocycles. The van der Waals surface area contributed by atoms with Gasteiger partial charge < -0.3 is 15.4 Å². The maximum Gasteiger partial charge on any atom is 0.258 e. The molecule has 0 atom stereocenters. The van der Waals surface area contributed by atoms with Crippen molar-refractivity contribution in [2.24, 2.45) is 23.7 Å². The van der Waals surface area contributed by atoms with Crippen molar-refractivity contribution in [3.63, 3.8) is 0 Å². The van der Waals surface area contributed by atoms with Gasteiger partial charge in [0, 0.05) is 38.8 Å². The number of hydrogen-bond acceptors (Lipinski definition) is 5. The van der Waals surface area contributed by atoms with Gasteiger partial charge in [0.1, 0.15) is 5.56 Å². The lowest BCUT2D eigenvalue weighted by Gasteiger charge is -2.54. The lowest BCUT2D eigenvalue weighted by molar-refractivity contribution is -0.0120. The van der Waals surface area contributed by atoms with Gasteiger partial charge in [0.05, 0.1) is 19.3 Å². The Morgan fingerprint density at radius 2 is 1.83 bits per heavy atom. The Bertz CT molecular complexity index is 714. The Morgan fingerprint density at radius 1 is 1.13 bits per heavy atom. The molecule has 0 spiro atoms. The molecular weight excluding hydrogens is 378 g/mol. The topological polar surface area (TPSA) is 71.4 Å². The zero-order valence-corrected chi connectivity index (χ0v) is 18.3. The number of ether oxygens (including phenoxy) is 1. The normalized spacial score (nSPS) is 33.0. The van der Waals surface area contributed by atoms with E-state index in [1.807, 2.05) is 4.68 Å². The first kappa shape index (κ1) is 20.3. The monoisotopic (exact) mass is 415 g/mol. The fraction of sp³-hybridized carbons (Fsp3) is 0.826. The van der Waals surface area contributed by atoms with Crippen molar-refractivity contribution < 1.29 is 9.53 Å². The first-order valence-corrected chi connectivity index (χ1v) is 12.1. The van der Waals surface area contributed by atoms with Crippen molar-refractivity contribution in [2.45, 2.75) is 58.0 Å². The third kappa shape index (κ3) is 4.11. The van der Waals surface area contributed by atoms with Gasteiger partial charge in [-0.05, 0) is 62.2 Å². The van der Waals surface area contributed by atoms with Gasteiger partial charge in [0.15, 0.2) is 0 Å². The minimum Gasteiger partial charge on any atom is -0.477 e. The molecule has 7 nitrogen and oxygen atoms in total. The van der Waals surface area contributed by atoms with E-state index in [-0.39, 0.29) is 5.91 Å². The van der Waals surface area contributed by atoms with Gasteiger partial charge >= 0.3 is 0 Å². The van der Waals surface area contributed by atoms with Crippen LogP contribution in [-0.2, 0) is 6.54 Å². The van der Waals surface area contributed by atoms with Crippen LogP contribution in [0.3, 0.4) is 0 Å². The fourth-order valence-corrected chi connectivity index (χ4v) is 6.60. The molecule has 0 aromatic carbocycles. The number of hydrogen-bond donors (Lipinski definition) is 2. The second-order valence-electron chi connectivity index (χ2n) is 9.96. The highest BCUT2D eigenvalue weighted by Gasteiger charge is 2.48. The zero-order chi connectivity index (χ0) is 20.5. The van der Waals surface area contributed by atoms with E-state index in [9.17, 15) is 4.79 Å². The molecule has 1 aromatic heterocycles. The van der Waals surface area contributed by atoms with Crippen LogP contribution in [0.2, 0.25) is 0 Å². The van der Waals surface area contributed by atoms with E-state index in [0.717, 1.165) is 57.5 Å².